The molecule has 8 heteroatoms. The predicted molar refractivity (Wildman–Crippen MR) is 164 cm³/mol. The maximum Gasteiger partial charge on any atom is 0.255 e. The summed E-state index contributed by atoms with van der Waals surface area (Å²) in [7, 11) is 0. The van der Waals surface area contributed by atoms with E-state index in [4.69, 9.17) is 0 Å². The van der Waals surface area contributed by atoms with Crippen molar-refractivity contribution in [3.8, 4) is 0 Å². The summed E-state index contributed by atoms with van der Waals surface area (Å²) in [6.45, 7) is 0. The number of benzene rings is 4. The van der Waals surface area contributed by atoms with Crippen LogP contribution in [0.5, 0.6) is 0 Å². The van der Waals surface area contributed by atoms with Crippen molar-refractivity contribution in [1.29, 1.82) is 0 Å². The van der Waals surface area contributed by atoms with E-state index in [1.165, 1.54) is 0 Å². The zero-order valence-corrected chi connectivity index (χ0v) is 22.6. The highest BCUT2D eigenvalue weighted by atomic mass is 16.2. The minimum absolute atomic E-state index is 0.212. The van der Waals surface area contributed by atoms with Crippen LogP contribution in [0.25, 0.3) is 0 Å². The SMILES string of the molecule is O=C(Nc1ccc(NC(=O)c2ccccc2)cc1)C1=CC=C(C(=O)Nc2ccc(NC(=O)c3ccccc3)cc2)CC1. The number of rotatable bonds is 8. The lowest BCUT2D eigenvalue weighted by molar-refractivity contribution is -0.114. The molecule has 0 radical (unpaired) electrons. The van der Waals surface area contributed by atoms with E-state index < -0.39 is 0 Å². The van der Waals surface area contributed by atoms with Gasteiger partial charge in [0, 0.05) is 45.0 Å². The molecule has 0 unspecified atom stereocenters. The molecule has 1 aliphatic carbocycles. The van der Waals surface area contributed by atoms with Gasteiger partial charge in [-0.15, -0.1) is 0 Å². The summed E-state index contributed by atoms with van der Waals surface area (Å²) in [5.41, 5.74) is 4.65. The van der Waals surface area contributed by atoms with Crippen molar-refractivity contribution in [3.05, 3.63) is 144 Å². The molecular weight excluding hydrogens is 528 g/mol. The summed E-state index contributed by atoms with van der Waals surface area (Å²) in [4.78, 5) is 50.2. The molecule has 4 amide bonds. The number of amides is 4. The Morgan fingerprint density at radius 3 is 0.952 bits per heavy atom. The van der Waals surface area contributed by atoms with Gasteiger partial charge in [0.15, 0.2) is 0 Å². The van der Waals surface area contributed by atoms with Gasteiger partial charge < -0.3 is 21.3 Å². The third-order valence-corrected chi connectivity index (χ3v) is 6.61. The summed E-state index contributed by atoms with van der Waals surface area (Å²) < 4.78 is 0. The summed E-state index contributed by atoms with van der Waals surface area (Å²) >= 11 is 0. The van der Waals surface area contributed by atoms with Crippen molar-refractivity contribution < 1.29 is 19.2 Å². The molecule has 0 aliphatic heterocycles. The third-order valence-electron chi connectivity index (χ3n) is 6.61. The highest BCUT2D eigenvalue weighted by Gasteiger charge is 2.18. The number of carbonyl (C=O) groups excluding carboxylic acids is 4. The Morgan fingerprint density at radius 1 is 0.381 bits per heavy atom. The first kappa shape index (κ1) is 27.8. The molecule has 4 aromatic rings. The van der Waals surface area contributed by atoms with E-state index in [9.17, 15) is 19.2 Å². The molecule has 0 saturated carbocycles. The Hall–Kier alpha value is -5.76. The molecule has 4 N–H and O–H groups in total. The molecule has 5 rings (SSSR count). The van der Waals surface area contributed by atoms with Crippen LogP contribution in [0.3, 0.4) is 0 Å². The number of hydrogen-bond acceptors (Lipinski definition) is 4. The maximum atomic E-state index is 12.8. The quantitative estimate of drug-likeness (QED) is 0.201. The number of carbonyl (C=O) groups is 4. The maximum absolute atomic E-state index is 12.8. The second kappa shape index (κ2) is 13.1. The normalized spacial score (nSPS) is 12.3. The van der Waals surface area contributed by atoms with Gasteiger partial charge in [-0.1, -0.05) is 48.6 Å². The van der Waals surface area contributed by atoms with Crippen LogP contribution in [0.1, 0.15) is 33.6 Å². The van der Waals surface area contributed by atoms with E-state index in [1.54, 1.807) is 109 Å². The molecule has 0 bridgehead atoms. The van der Waals surface area contributed by atoms with Gasteiger partial charge in [-0.2, -0.15) is 0 Å². The molecule has 42 heavy (non-hydrogen) atoms. The van der Waals surface area contributed by atoms with E-state index in [1.807, 2.05) is 12.1 Å². The number of nitrogens with one attached hydrogen (secondary N) is 4. The van der Waals surface area contributed by atoms with E-state index in [0.717, 1.165) is 0 Å². The average molecular weight is 557 g/mol. The molecule has 1 aliphatic rings. The number of anilines is 4. The van der Waals surface area contributed by atoms with Gasteiger partial charge >= 0.3 is 0 Å². The van der Waals surface area contributed by atoms with Gasteiger partial charge in [0.2, 0.25) is 0 Å². The van der Waals surface area contributed by atoms with Gasteiger partial charge in [-0.05, 0) is 85.6 Å². The fourth-order valence-corrected chi connectivity index (χ4v) is 4.30. The predicted octanol–water partition coefficient (Wildman–Crippen LogP) is 6.42. The first-order valence-corrected chi connectivity index (χ1v) is 13.4. The topological polar surface area (TPSA) is 116 Å². The van der Waals surface area contributed by atoms with Crippen molar-refractivity contribution >= 4 is 46.4 Å². The molecule has 0 aromatic heterocycles. The van der Waals surface area contributed by atoms with Gasteiger partial charge in [-0.3, -0.25) is 19.2 Å². The Balaban J connectivity index is 1.11. The molecule has 8 nitrogen and oxygen atoms in total. The first-order chi connectivity index (χ1) is 20.4. The first-order valence-electron chi connectivity index (χ1n) is 13.4. The molecule has 4 aromatic carbocycles. The smallest absolute Gasteiger partial charge is 0.255 e. The third kappa shape index (κ3) is 7.25. The van der Waals surface area contributed by atoms with E-state index in [-0.39, 0.29) is 23.6 Å². The summed E-state index contributed by atoms with van der Waals surface area (Å²) in [5, 5.41) is 11.4. The lowest BCUT2D eigenvalue weighted by atomic mass is 9.97. The monoisotopic (exact) mass is 556 g/mol. The van der Waals surface area contributed by atoms with Crippen LogP contribution in [0, 0.1) is 0 Å². The second-order valence-electron chi connectivity index (χ2n) is 9.59. The highest BCUT2D eigenvalue weighted by molar-refractivity contribution is 6.08. The molecule has 0 saturated heterocycles. The van der Waals surface area contributed by atoms with Gasteiger partial charge in [0.25, 0.3) is 23.6 Å². The highest BCUT2D eigenvalue weighted by Crippen LogP contribution is 2.23. The Labute approximate surface area is 243 Å². The van der Waals surface area contributed by atoms with Crippen LogP contribution in [0.15, 0.2) is 132 Å². The minimum Gasteiger partial charge on any atom is -0.322 e. The van der Waals surface area contributed by atoms with Crippen molar-refractivity contribution in [1.82, 2.24) is 0 Å². The zero-order valence-electron chi connectivity index (χ0n) is 22.6. The van der Waals surface area contributed by atoms with Crippen LogP contribution in [0.2, 0.25) is 0 Å². The lowest BCUT2D eigenvalue weighted by Crippen LogP contribution is -2.19. The Bertz CT molecular complexity index is 1530. The summed E-state index contributed by atoms with van der Waals surface area (Å²) in [5.74, 6) is -0.925. The van der Waals surface area contributed by atoms with E-state index in [0.29, 0.717) is 57.9 Å². The van der Waals surface area contributed by atoms with Gasteiger partial charge in [0.05, 0.1) is 0 Å². The van der Waals surface area contributed by atoms with Crippen LogP contribution in [-0.4, -0.2) is 23.6 Å². The second-order valence-corrected chi connectivity index (χ2v) is 9.59. The minimum atomic E-state index is -0.250. The van der Waals surface area contributed by atoms with Crippen LogP contribution in [-0.2, 0) is 9.59 Å². The molecular formula is C34H28N4O4. The fourth-order valence-electron chi connectivity index (χ4n) is 4.30. The zero-order chi connectivity index (χ0) is 29.3. The molecule has 0 atom stereocenters. The average Bonchev–Trinajstić information content (AvgIpc) is 3.03. The summed E-state index contributed by atoms with van der Waals surface area (Å²) in [6.07, 6.45) is 4.15. The lowest BCUT2D eigenvalue weighted by Gasteiger charge is -2.15. The number of hydrogen-bond donors (Lipinski definition) is 4. The van der Waals surface area contributed by atoms with Crippen LogP contribution in [0.4, 0.5) is 22.7 Å². The largest absolute Gasteiger partial charge is 0.322 e. The fraction of sp³-hybridized carbons (Fsp3) is 0.0588. The van der Waals surface area contributed by atoms with Crippen molar-refractivity contribution in [3.63, 3.8) is 0 Å². The van der Waals surface area contributed by atoms with Crippen LogP contribution < -0.4 is 21.3 Å². The molecule has 0 spiro atoms. The Kier molecular flexibility index (Phi) is 8.64. The molecule has 0 fully saturated rings. The number of allylic oxidation sites excluding steroid dienone is 2. The van der Waals surface area contributed by atoms with Crippen molar-refractivity contribution in [2.45, 2.75) is 12.8 Å². The van der Waals surface area contributed by atoms with Gasteiger partial charge in [0.1, 0.15) is 0 Å². The summed E-state index contributed by atoms with van der Waals surface area (Å²) in [6, 6.07) is 31.6. The van der Waals surface area contributed by atoms with Crippen molar-refractivity contribution in [2.24, 2.45) is 0 Å². The Morgan fingerprint density at radius 2 is 0.667 bits per heavy atom. The van der Waals surface area contributed by atoms with Crippen LogP contribution >= 0.6 is 0 Å². The standard InChI is InChI=1S/C34H28N4O4/c39-31(23-7-3-1-4-8-23)35-27-15-19-29(20-16-27)37-33(41)25-11-13-26(14-12-25)34(42)38-30-21-17-28(18-22-30)36-32(40)24-9-5-2-6-10-24/h1-11,13,15-22H,12,14H2,(H,35,39)(H,36,40)(H,37,41)(H,38,42). The van der Waals surface area contributed by atoms with Gasteiger partial charge in [-0.25, -0.2) is 0 Å². The van der Waals surface area contributed by atoms with E-state index >= 15 is 0 Å². The van der Waals surface area contributed by atoms with Crippen molar-refractivity contribution in [2.75, 3.05) is 21.3 Å². The molecule has 0 heterocycles. The molecule has 208 valence electrons. The van der Waals surface area contributed by atoms with E-state index in [2.05, 4.69) is 21.3 Å².